The van der Waals surface area contributed by atoms with E-state index in [0.717, 1.165) is 11.1 Å². The molecule has 1 atom stereocenters. The van der Waals surface area contributed by atoms with Crippen LogP contribution >= 0.6 is 0 Å². The summed E-state index contributed by atoms with van der Waals surface area (Å²) in [5.41, 5.74) is 7.53. The molecule has 0 amide bonds. The molecule has 1 heterocycles. The van der Waals surface area contributed by atoms with Crippen LogP contribution in [0.5, 0.6) is 0 Å². The second-order valence-electron chi connectivity index (χ2n) is 3.41. The third-order valence-corrected chi connectivity index (χ3v) is 2.26. The van der Waals surface area contributed by atoms with Crippen molar-refractivity contribution in [1.29, 1.82) is 0 Å². The van der Waals surface area contributed by atoms with E-state index in [1.54, 1.807) is 7.11 Å². The molecule has 1 unspecified atom stereocenters. The van der Waals surface area contributed by atoms with Crippen LogP contribution in [0.15, 0.2) is 28.7 Å². The van der Waals surface area contributed by atoms with Gasteiger partial charge in [0.1, 0.15) is 5.52 Å². The second kappa shape index (κ2) is 4.42. The Morgan fingerprint density at radius 1 is 1.47 bits per heavy atom. The number of rotatable bonds is 4. The van der Waals surface area contributed by atoms with Gasteiger partial charge in [0.15, 0.2) is 5.58 Å². The number of aromatic nitrogens is 1. The summed E-state index contributed by atoms with van der Waals surface area (Å²) in [5.74, 6) is 0.577. The maximum atomic E-state index is 5.91. The highest BCUT2D eigenvalue weighted by Crippen LogP contribution is 2.20. The van der Waals surface area contributed by atoms with E-state index < -0.39 is 0 Å². The van der Waals surface area contributed by atoms with Gasteiger partial charge in [-0.25, -0.2) is 4.98 Å². The van der Waals surface area contributed by atoms with Crippen LogP contribution in [0.2, 0.25) is 0 Å². The molecule has 80 valence electrons. The zero-order valence-corrected chi connectivity index (χ0v) is 8.64. The van der Waals surface area contributed by atoms with Crippen LogP contribution in [-0.2, 0) is 4.74 Å². The van der Waals surface area contributed by atoms with Gasteiger partial charge in [-0.15, -0.1) is 0 Å². The molecule has 1 aromatic carbocycles. The van der Waals surface area contributed by atoms with Gasteiger partial charge in [-0.1, -0.05) is 12.1 Å². The average molecular weight is 206 g/mol. The molecule has 0 radical (unpaired) electrons. The van der Waals surface area contributed by atoms with Crippen LogP contribution in [0.4, 0.5) is 0 Å². The molecular weight excluding hydrogens is 192 g/mol. The van der Waals surface area contributed by atoms with E-state index >= 15 is 0 Å². The fraction of sp³-hybridized carbons (Fsp3) is 0.364. The van der Waals surface area contributed by atoms with Crippen molar-refractivity contribution in [2.75, 3.05) is 13.7 Å². The molecule has 0 saturated heterocycles. The SMILES string of the molecule is COCCC(N)c1nc2ccccc2o1. The van der Waals surface area contributed by atoms with Gasteiger partial charge in [0, 0.05) is 13.7 Å². The second-order valence-corrected chi connectivity index (χ2v) is 3.41. The maximum absolute atomic E-state index is 5.91. The summed E-state index contributed by atoms with van der Waals surface area (Å²) in [7, 11) is 1.65. The molecule has 0 bridgehead atoms. The molecule has 15 heavy (non-hydrogen) atoms. The summed E-state index contributed by atoms with van der Waals surface area (Å²) >= 11 is 0. The van der Waals surface area contributed by atoms with Gasteiger partial charge in [0.05, 0.1) is 6.04 Å². The van der Waals surface area contributed by atoms with E-state index in [0.29, 0.717) is 18.9 Å². The van der Waals surface area contributed by atoms with Gasteiger partial charge in [0.25, 0.3) is 0 Å². The van der Waals surface area contributed by atoms with Gasteiger partial charge in [-0.3, -0.25) is 0 Å². The minimum Gasteiger partial charge on any atom is -0.439 e. The Hall–Kier alpha value is -1.39. The fourth-order valence-corrected chi connectivity index (χ4v) is 1.42. The van der Waals surface area contributed by atoms with Gasteiger partial charge in [0.2, 0.25) is 5.89 Å². The summed E-state index contributed by atoms with van der Waals surface area (Å²) < 4.78 is 10.5. The normalized spacial score (nSPS) is 13.2. The number of nitrogens with zero attached hydrogens (tertiary/aromatic N) is 1. The van der Waals surface area contributed by atoms with Crippen molar-refractivity contribution < 1.29 is 9.15 Å². The topological polar surface area (TPSA) is 61.3 Å². The molecule has 0 spiro atoms. The quantitative estimate of drug-likeness (QED) is 0.829. The first-order chi connectivity index (χ1) is 7.31. The summed E-state index contributed by atoms with van der Waals surface area (Å²) in [5, 5.41) is 0. The van der Waals surface area contributed by atoms with Crippen molar-refractivity contribution >= 4 is 11.1 Å². The van der Waals surface area contributed by atoms with E-state index in [1.165, 1.54) is 0 Å². The van der Waals surface area contributed by atoms with Gasteiger partial charge >= 0.3 is 0 Å². The lowest BCUT2D eigenvalue weighted by Gasteiger charge is -2.05. The lowest BCUT2D eigenvalue weighted by atomic mass is 10.2. The van der Waals surface area contributed by atoms with Crippen LogP contribution in [-0.4, -0.2) is 18.7 Å². The Kier molecular flexibility index (Phi) is 2.99. The molecule has 2 aromatic rings. The number of oxazole rings is 1. The van der Waals surface area contributed by atoms with Crippen LogP contribution in [0.3, 0.4) is 0 Å². The van der Waals surface area contributed by atoms with Crippen LogP contribution in [0.25, 0.3) is 11.1 Å². The van der Waals surface area contributed by atoms with Crippen molar-refractivity contribution in [2.45, 2.75) is 12.5 Å². The Morgan fingerprint density at radius 3 is 3.00 bits per heavy atom. The molecule has 0 fully saturated rings. The molecule has 4 nitrogen and oxygen atoms in total. The summed E-state index contributed by atoms with van der Waals surface area (Å²) in [4.78, 5) is 4.32. The Bertz CT molecular complexity index is 406. The number of ether oxygens (including phenoxy) is 1. The Balaban J connectivity index is 2.20. The van der Waals surface area contributed by atoms with Crippen LogP contribution in [0, 0.1) is 0 Å². The number of para-hydroxylation sites is 2. The number of hydrogen-bond acceptors (Lipinski definition) is 4. The molecular formula is C11H14N2O2. The zero-order chi connectivity index (χ0) is 10.7. The molecule has 0 aliphatic carbocycles. The van der Waals surface area contributed by atoms with Crippen LogP contribution < -0.4 is 5.73 Å². The molecule has 2 N–H and O–H groups in total. The number of fused-ring (bicyclic) bond motifs is 1. The molecule has 0 saturated carbocycles. The van der Waals surface area contributed by atoms with Crippen molar-refractivity contribution in [3.63, 3.8) is 0 Å². The zero-order valence-electron chi connectivity index (χ0n) is 8.64. The fourth-order valence-electron chi connectivity index (χ4n) is 1.42. The number of benzene rings is 1. The van der Waals surface area contributed by atoms with E-state index in [1.807, 2.05) is 24.3 Å². The minimum absolute atomic E-state index is 0.197. The van der Waals surface area contributed by atoms with Crippen molar-refractivity contribution in [1.82, 2.24) is 4.98 Å². The highest BCUT2D eigenvalue weighted by molar-refractivity contribution is 5.72. The molecule has 4 heteroatoms. The predicted molar refractivity (Wildman–Crippen MR) is 57.4 cm³/mol. The lowest BCUT2D eigenvalue weighted by molar-refractivity contribution is 0.184. The Labute approximate surface area is 88.0 Å². The Morgan fingerprint density at radius 2 is 2.27 bits per heavy atom. The van der Waals surface area contributed by atoms with Gasteiger partial charge in [-0.2, -0.15) is 0 Å². The van der Waals surface area contributed by atoms with E-state index in [-0.39, 0.29) is 6.04 Å². The number of methoxy groups -OCH3 is 1. The highest BCUT2D eigenvalue weighted by atomic mass is 16.5. The highest BCUT2D eigenvalue weighted by Gasteiger charge is 2.12. The molecule has 0 aliphatic rings. The first-order valence-electron chi connectivity index (χ1n) is 4.91. The van der Waals surface area contributed by atoms with Crippen molar-refractivity contribution in [3.05, 3.63) is 30.2 Å². The van der Waals surface area contributed by atoms with E-state index in [4.69, 9.17) is 14.9 Å². The molecule has 0 aliphatic heterocycles. The number of nitrogens with two attached hydrogens (primary N) is 1. The largest absolute Gasteiger partial charge is 0.439 e. The van der Waals surface area contributed by atoms with Crippen molar-refractivity contribution in [2.24, 2.45) is 5.73 Å². The third kappa shape index (κ3) is 2.16. The first kappa shape index (κ1) is 10.1. The van der Waals surface area contributed by atoms with Gasteiger partial charge < -0.3 is 14.9 Å². The maximum Gasteiger partial charge on any atom is 0.212 e. The smallest absolute Gasteiger partial charge is 0.212 e. The summed E-state index contributed by atoms with van der Waals surface area (Å²) in [6.45, 7) is 0.611. The standard InChI is InChI=1S/C11H14N2O2/c1-14-7-6-8(12)11-13-9-4-2-3-5-10(9)15-11/h2-5,8H,6-7,12H2,1H3. The van der Waals surface area contributed by atoms with E-state index in [9.17, 15) is 0 Å². The summed E-state index contributed by atoms with van der Waals surface area (Å²) in [6.07, 6.45) is 0.712. The van der Waals surface area contributed by atoms with E-state index in [2.05, 4.69) is 4.98 Å². The molecule has 1 aromatic heterocycles. The monoisotopic (exact) mass is 206 g/mol. The predicted octanol–water partition coefficient (Wildman–Crippen LogP) is 1.86. The average Bonchev–Trinajstić information content (AvgIpc) is 2.69. The van der Waals surface area contributed by atoms with Crippen molar-refractivity contribution in [3.8, 4) is 0 Å². The first-order valence-corrected chi connectivity index (χ1v) is 4.91. The van der Waals surface area contributed by atoms with Gasteiger partial charge in [-0.05, 0) is 18.6 Å². The third-order valence-electron chi connectivity index (χ3n) is 2.26. The summed E-state index contributed by atoms with van der Waals surface area (Å²) in [6, 6.07) is 7.44. The molecule has 2 rings (SSSR count). The van der Waals surface area contributed by atoms with Crippen LogP contribution in [0.1, 0.15) is 18.4 Å². The lowest BCUT2D eigenvalue weighted by Crippen LogP contribution is -2.12. The number of hydrogen-bond donors (Lipinski definition) is 1. The minimum atomic E-state index is -0.197.